The molecule has 0 aliphatic heterocycles. The van der Waals surface area contributed by atoms with Crippen molar-refractivity contribution in [3.63, 3.8) is 0 Å². The van der Waals surface area contributed by atoms with Gasteiger partial charge in [-0.3, -0.25) is 14.9 Å². The van der Waals surface area contributed by atoms with Gasteiger partial charge in [0.05, 0.1) is 34.4 Å². The fraction of sp³-hybridized carbons (Fsp3) is 0.125. The van der Waals surface area contributed by atoms with Crippen LogP contribution in [0.1, 0.15) is 21.5 Å². The van der Waals surface area contributed by atoms with Crippen LogP contribution >= 0.6 is 11.6 Å². The number of nitro groups is 1. The summed E-state index contributed by atoms with van der Waals surface area (Å²) >= 11 is 6.00. The molecule has 1 amide bonds. The van der Waals surface area contributed by atoms with Gasteiger partial charge in [0, 0.05) is 0 Å². The molecule has 0 heterocycles. The van der Waals surface area contributed by atoms with E-state index < -0.39 is 16.5 Å². The second-order valence-corrected chi connectivity index (χ2v) is 5.40. The number of phenolic OH excluding ortho intramolecular Hbond substituents is 1. The molecule has 2 N–H and O–H groups in total. The van der Waals surface area contributed by atoms with Crippen LogP contribution in [-0.2, 0) is 0 Å². The molecule has 0 aliphatic rings. The van der Waals surface area contributed by atoms with E-state index in [-0.39, 0.29) is 27.6 Å². The molecule has 9 heteroatoms. The Kier molecular flexibility index (Phi) is 5.56. The highest BCUT2D eigenvalue weighted by Gasteiger charge is 2.23. The van der Waals surface area contributed by atoms with Crippen LogP contribution in [0.25, 0.3) is 0 Å². The summed E-state index contributed by atoms with van der Waals surface area (Å²) in [6, 6.07) is 7.42. The van der Waals surface area contributed by atoms with Crippen LogP contribution in [0.15, 0.2) is 35.4 Å². The number of rotatable bonds is 5. The molecule has 0 radical (unpaired) electrons. The van der Waals surface area contributed by atoms with E-state index in [4.69, 9.17) is 16.3 Å². The number of hydrogen-bond acceptors (Lipinski definition) is 6. The van der Waals surface area contributed by atoms with Crippen molar-refractivity contribution >= 4 is 29.4 Å². The van der Waals surface area contributed by atoms with Crippen molar-refractivity contribution in [3.8, 4) is 11.5 Å². The molecule has 2 aromatic carbocycles. The summed E-state index contributed by atoms with van der Waals surface area (Å²) in [7, 11) is 1.20. The Morgan fingerprint density at radius 1 is 1.40 bits per heavy atom. The normalized spacial score (nSPS) is 10.7. The molecule has 0 spiro atoms. The smallest absolute Gasteiger partial charge is 0.323 e. The average molecular weight is 364 g/mol. The van der Waals surface area contributed by atoms with Gasteiger partial charge in [-0.05, 0) is 36.8 Å². The molecule has 2 aromatic rings. The van der Waals surface area contributed by atoms with Gasteiger partial charge in [-0.2, -0.15) is 5.10 Å². The molecule has 130 valence electrons. The van der Waals surface area contributed by atoms with Gasteiger partial charge in [-0.1, -0.05) is 17.7 Å². The van der Waals surface area contributed by atoms with E-state index in [0.29, 0.717) is 0 Å². The Labute approximate surface area is 147 Å². The summed E-state index contributed by atoms with van der Waals surface area (Å²) in [4.78, 5) is 22.5. The number of methoxy groups -OCH3 is 1. The van der Waals surface area contributed by atoms with Crippen LogP contribution in [0.2, 0.25) is 5.02 Å². The van der Waals surface area contributed by atoms with Crippen LogP contribution in [0, 0.1) is 17.0 Å². The van der Waals surface area contributed by atoms with Crippen molar-refractivity contribution in [2.45, 2.75) is 6.92 Å². The first kappa shape index (κ1) is 18.2. The Morgan fingerprint density at radius 3 is 2.72 bits per heavy atom. The minimum Gasteiger partial charge on any atom is -0.504 e. The van der Waals surface area contributed by atoms with Crippen molar-refractivity contribution < 1.29 is 19.6 Å². The monoisotopic (exact) mass is 363 g/mol. The molecular weight excluding hydrogens is 350 g/mol. The molecule has 0 fully saturated rings. The molecule has 0 aromatic heterocycles. The average Bonchev–Trinajstić information content (AvgIpc) is 2.55. The lowest BCUT2D eigenvalue weighted by molar-refractivity contribution is -0.386. The second-order valence-electron chi connectivity index (χ2n) is 5.00. The number of hydrazone groups is 1. The number of nitro benzene ring substituents is 1. The van der Waals surface area contributed by atoms with Crippen LogP contribution < -0.4 is 10.2 Å². The number of amides is 1. The lowest BCUT2D eigenvalue weighted by Crippen LogP contribution is -2.18. The number of ether oxygens (including phenoxy) is 1. The summed E-state index contributed by atoms with van der Waals surface area (Å²) in [5.74, 6) is -1.22. The lowest BCUT2D eigenvalue weighted by Gasteiger charge is -2.06. The first-order valence-electron chi connectivity index (χ1n) is 6.99. The van der Waals surface area contributed by atoms with E-state index in [0.717, 1.165) is 11.8 Å². The summed E-state index contributed by atoms with van der Waals surface area (Å²) in [6.45, 7) is 1.84. The Bertz CT molecular complexity index is 867. The van der Waals surface area contributed by atoms with E-state index in [9.17, 15) is 20.0 Å². The molecule has 25 heavy (non-hydrogen) atoms. The molecule has 0 atom stereocenters. The van der Waals surface area contributed by atoms with Crippen LogP contribution in [0.4, 0.5) is 5.69 Å². The first-order chi connectivity index (χ1) is 11.8. The van der Waals surface area contributed by atoms with E-state index >= 15 is 0 Å². The number of halogens is 1. The maximum Gasteiger partial charge on any atom is 0.323 e. The van der Waals surface area contributed by atoms with E-state index in [1.807, 2.05) is 6.92 Å². The number of benzene rings is 2. The maximum absolute atomic E-state index is 12.1. The molecule has 0 saturated carbocycles. The number of carbonyl (C=O) groups excluding carboxylic acids is 1. The summed E-state index contributed by atoms with van der Waals surface area (Å²) in [5.41, 5.74) is 2.96. The third-order valence-corrected chi connectivity index (χ3v) is 3.58. The fourth-order valence-electron chi connectivity index (χ4n) is 2.09. The van der Waals surface area contributed by atoms with Crippen molar-refractivity contribution in [1.82, 2.24) is 5.43 Å². The van der Waals surface area contributed by atoms with Gasteiger partial charge in [0.1, 0.15) is 0 Å². The van der Waals surface area contributed by atoms with Crippen LogP contribution in [0.3, 0.4) is 0 Å². The highest BCUT2D eigenvalue weighted by molar-refractivity contribution is 6.33. The fourth-order valence-corrected chi connectivity index (χ4v) is 2.42. The molecule has 0 aliphatic carbocycles. The zero-order chi connectivity index (χ0) is 18.6. The number of nitrogens with one attached hydrogen (secondary N) is 1. The Balaban J connectivity index is 2.25. The zero-order valence-corrected chi connectivity index (χ0v) is 14.1. The second kappa shape index (κ2) is 7.63. The minimum atomic E-state index is -0.710. The highest BCUT2D eigenvalue weighted by Crippen LogP contribution is 2.37. The first-order valence-corrected chi connectivity index (χ1v) is 7.37. The molecule has 2 rings (SSSR count). The summed E-state index contributed by atoms with van der Waals surface area (Å²) in [5, 5.41) is 24.8. The molecule has 0 unspecified atom stereocenters. The van der Waals surface area contributed by atoms with Crippen molar-refractivity contribution in [3.05, 3.63) is 62.2 Å². The number of hydrogen-bond donors (Lipinski definition) is 2. The standard InChI is InChI=1S/C16H14ClN3O5/c1-9-3-5-11(12(17)7-9)16(22)19-18-8-10-4-6-13(21)15(25-2)14(10)20(23)24/h3-8,21H,1-2H3,(H,19,22)/b18-8+. The van der Waals surface area contributed by atoms with Gasteiger partial charge in [-0.25, -0.2) is 5.43 Å². The van der Waals surface area contributed by atoms with Crippen molar-refractivity contribution in [2.24, 2.45) is 5.10 Å². The lowest BCUT2D eigenvalue weighted by atomic mass is 10.1. The zero-order valence-electron chi connectivity index (χ0n) is 13.3. The van der Waals surface area contributed by atoms with Gasteiger partial charge in [0.2, 0.25) is 5.75 Å². The summed E-state index contributed by atoms with van der Waals surface area (Å²) in [6.07, 6.45) is 1.08. The SMILES string of the molecule is COc1c(O)ccc(/C=N/NC(=O)c2ccc(C)cc2Cl)c1[N+](=O)[O-]. The topological polar surface area (TPSA) is 114 Å². The number of aromatic hydroxyl groups is 1. The number of phenols is 1. The van der Waals surface area contributed by atoms with Gasteiger partial charge in [0.15, 0.2) is 5.75 Å². The minimum absolute atomic E-state index is 0.0509. The maximum atomic E-state index is 12.1. The number of carbonyl (C=O) groups is 1. The van der Waals surface area contributed by atoms with Crippen LogP contribution in [-0.4, -0.2) is 29.3 Å². The van der Waals surface area contributed by atoms with Gasteiger partial charge in [-0.15, -0.1) is 0 Å². The molecule has 0 saturated heterocycles. The molecule has 8 nitrogen and oxygen atoms in total. The molecular formula is C16H14ClN3O5. The van der Waals surface area contributed by atoms with Gasteiger partial charge < -0.3 is 9.84 Å². The number of aryl methyl sites for hydroxylation is 1. The molecule has 0 bridgehead atoms. The highest BCUT2D eigenvalue weighted by atomic mass is 35.5. The quantitative estimate of drug-likeness (QED) is 0.481. The summed E-state index contributed by atoms with van der Waals surface area (Å²) < 4.78 is 4.84. The van der Waals surface area contributed by atoms with Crippen molar-refractivity contribution in [1.29, 1.82) is 0 Å². The van der Waals surface area contributed by atoms with Crippen molar-refractivity contribution in [2.75, 3.05) is 7.11 Å². The Morgan fingerprint density at radius 2 is 2.12 bits per heavy atom. The van der Waals surface area contributed by atoms with E-state index in [1.54, 1.807) is 18.2 Å². The largest absolute Gasteiger partial charge is 0.504 e. The van der Waals surface area contributed by atoms with Gasteiger partial charge >= 0.3 is 5.69 Å². The predicted octanol–water partition coefficient (Wildman–Crippen LogP) is 3.03. The van der Waals surface area contributed by atoms with E-state index in [2.05, 4.69) is 10.5 Å². The van der Waals surface area contributed by atoms with Gasteiger partial charge in [0.25, 0.3) is 5.91 Å². The third kappa shape index (κ3) is 4.04. The third-order valence-electron chi connectivity index (χ3n) is 3.27. The van der Waals surface area contributed by atoms with Crippen LogP contribution in [0.5, 0.6) is 11.5 Å². The van der Waals surface area contributed by atoms with E-state index in [1.165, 1.54) is 19.2 Å². The Hall–Kier alpha value is -3.13. The number of nitrogens with zero attached hydrogens (tertiary/aromatic N) is 2. The predicted molar refractivity (Wildman–Crippen MR) is 92.6 cm³/mol.